The molecule has 0 saturated carbocycles. The van der Waals surface area contributed by atoms with E-state index >= 15 is 0 Å². The van der Waals surface area contributed by atoms with Gasteiger partial charge in [-0.15, -0.1) is 0 Å². The maximum atomic E-state index is 13.1. The number of carbonyl (C=O) groups excluding carboxylic acids is 1. The van der Waals surface area contributed by atoms with Crippen molar-refractivity contribution in [2.75, 3.05) is 31.2 Å². The van der Waals surface area contributed by atoms with E-state index in [2.05, 4.69) is 31.1 Å². The fourth-order valence-corrected chi connectivity index (χ4v) is 4.41. The highest BCUT2D eigenvalue weighted by molar-refractivity contribution is 6.08. The van der Waals surface area contributed by atoms with Gasteiger partial charge in [0.05, 0.1) is 30.1 Å². The van der Waals surface area contributed by atoms with E-state index in [-0.39, 0.29) is 22.8 Å². The molecule has 4 rings (SSSR count). The van der Waals surface area contributed by atoms with Gasteiger partial charge in [-0.3, -0.25) is 9.48 Å². The molecular formula is C26H32N6O4. The third-order valence-electron chi connectivity index (χ3n) is 6.38. The first-order valence-corrected chi connectivity index (χ1v) is 11.9. The summed E-state index contributed by atoms with van der Waals surface area (Å²) >= 11 is 0. The van der Waals surface area contributed by atoms with Crippen molar-refractivity contribution in [3.8, 4) is 16.9 Å². The Bertz CT molecular complexity index is 1270. The fourth-order valence-electron chi connectivity index (χ4n) is 4.41. The van der Waals surface area contributed by atoms with E-state index in [1.54, 1.807) is 37.6 Å². The Balaban J connectivity index is 1.67. The monoisotopic (exact) mass is 492 g/mol. The number of methoxy groups -OCH3 is 1. The molecule has 0 bridgehead atoms. The normalized spacial score (nSPS) is 14.5. The first kappa shape index (κ1) is 25.0. The molecule has 10 heteroatoms. The van der Waals surface area contributed by atoms with Crippen LogP contribution in [0.3, 0.4) is 0 Å². The molecule has 0 radical (unpaired) electrons. The summed E-state index contributed by atoms with van der Waals surface area (Å²) in [7, 11) is 1.54. The number of carboxylic acid groups (broad SMARTS) is 1. The smallest absolute Gasteiger partial charge is 0.407 e. The molecule has 1 fully saturated rings. The van der Waals surface area contributed by atoms with Gasteiger partial charge < -0.3 is 25.8 Å². The minimum absolute atomic E-state index is 0.0884. The summed E-state index contributed by atoms with van der Waals surface area (Å²) in [4.78, 5) is 30.2. The second-order valence-corrected chi connectivity index (χ2v) is 9.93. The standard InChI is InChI=1S/C26H32N6O4/c1-26(2,3)22-19(15-32(30-22)17-9-11-31(12-10-17)25(34)35)16-13-18(23(27)28-14-16)24(33)29-20-7-5-6-8-21(20)36-4/h5-8,13-15,17H,9-12H2,1-4H3,(H2,27,28)(H,29,33)(H,34,35). The van der Waals surface area contributed by atoms with E-state index in [0.29, 0.717) is 37.4 Å². The number of carbonyl (C=O) groups is 2. The van der Waals surface area contributed by atoms with Crippen LogP contribution in [0.25, 0.3) is 11.1 Å². The molecule has 10 nitrogen and oxygen atoms in total. The summed E-state index contributed by atoms with van der Waals surface area (Å²) in [5.74, 6) is 0.271. The Morgan fingerprint density at radius 1 is 1.19 bits per heavy atom. The zero-order valence-electron chi connectivity index (χ0n) is 21.0. The number of pyridine rings is 1. The molecule has 1 aromatic carbocycles. The van der Waals surface area contributed by atoms with Crippen LogP contribution in [-0.4, -0.2) is 57.0 Å². The van der Waals surface area contributed by atoms with Crippen molar-refractivity contribution in [2.24, 2.45) is 0 Å². The van der Waals surface area contributed by atoms with E-state index in [4.69, 9.17) is 15.6 Å². The lowest BCUT2D eigenvalue weighted by Gasteiger charge is -2.30. The van der Waals surface area contributed by atoms with Crippen molar-refractivity contribution in [3.63, 3.8) is 0 Å². The Kier molecular flexibility index (Phi) is 6.87. The Morgan fingerprint density at radius 2 is 1.89 bits per heavy atom. The maximum absolute atomic E-state index is 13.1. The number of rotatable bonds is 5. The first-order chi connectivity index (χ1) is 17.1. The molecule has 0 aliphatic carbocycles. The minimum Gasteiger partial charge on any atom is -0.495 e. The van der Waals surface area contributed by atoms with Crippen LogP contribution in [0.5, 0.6) is 5.75 Å². The van der Waals surface area contributed by atoms with Crippen molar-refractivity contribution in [1.82, 2.24) is 19.7 Å². The Labute approximate surface area is 210 Å². The number of hydrogen-bond donors (Lipinski definition) is 3. The lowest BCUT2D eigenvalue weighted by molar-refractivity contribution is 0.102. The van der Waals surface area contributed by atoms with Gasteiger partial charge in [0.15, 0.2) is 0 Å². The number of hydrogen-bond acceptors (Lipinski definition) is 6. The topological polar surface area (TPSA) is 136 Å². The largest absolute Gasteiger partial charge is 0.495 e. The van der Waals surface area contributed by atoms with Crippen molar-refractivity contribution >= 4 is 23.5 Å². The SMILES string of the molecule is COc1ccccc1NC(=O)c1cc(-c2cn(C3CCN(C(=O)O)CC3)nc2C(C)(C)C)cnc1N. The predicted molar refractivity (Wildman–Crippen MR) is 137 cm³/mol. The minimum atomic E-state index is -0.892. The number of piperidine rings is 1. The molecule has 190 valence electrons. The molecule has 1 saturated heterocycles. The van der Waals surface area contributed by atoms with Gasteiger partial charge in [-0.05, 0) is 31.0 Å². The maximum Gasteiger partial charge on any atom is 0.407 e. The number of benzene rings is 1. The van der Waals surface area contributed by atoms with Crippen LogP contribution < -0.4 is 15.8 Å². The third-order valence-corrected chi connectivity index (χ3v) is 6.38. The highest BCUT2D eigenvalue weighted by Crippen LogP contribution is 2.35. The van der Waals surface area contributed by atoms with Gasteiger partial charge in [0.2, 0.25) is 0 Å². The van der Waals surface area contributed by atoms with Crippen LogP contribution in [-0.2, 0) is 5.41 Å². The van der Waals surface area contributed by atoms with Crippen LogP contribution >= 0.6 is 0 Å². The highest BCUT2D eigenvalue weighted by Gasteiger charge is 2.29. The predicted octanol–water partition coefficient (Wildman–Crippen LogP) is 4.40. The number of nitrogen functional groups attached to an aromatic ring is 1. The van der Waals surface area contributed by atoms with Gasteiger partial charge in [-0.25, -0.2) is 9.78 Å². The molecule has 4 N–H and O–H groups in total. The quantitative estimate of drug-likeness (QED) is 0.480. The van der Waals surface area contributed by atoms with Crippen molar-refractivity contribution < 1.29 is 19.4 Å². The average Bonchev–Trinajstić information content (AvgIpc) is 3.31. The number of aromatic nitrogens is 3. The van der Waals surface area contributed by atoms with Gasteiger partial charge in [0, 0.05) is 42.0 Å². The van der Waals surface area contributed by atoms with Crippen molar-refractivity contribution in [1.29, 1.82) is 0 Å². The number of nitrogens with two attached hydrogens (primary N) is 1. The number of anilines is 2. The van der Waals surface area contributed by atoms with Gasteiger partial charge in [-0.1, -0.05) is 32.9 Å². The fraction of sp³-hybridized carbons (Fsp3) is 0.385. The molecule has 0 unspecified atom stereocenters. The second-order valence-electron chi connectivity index (χ2n) is 9.93. The molecule has 0 atom stereocenters. The van der Waals surface area contributed by atoms with Crippen molar-refractivity contribution in [2.45, 2.75) is 45.1 Å². The number of para-hydroxylation sites is 2. The number of nitrogens with one attached hydrogen (secondary N) is 1. The first-order valence-electron chi connectivity index (χ1n) is 11.9. The van der Waals surface area contributed by atoms with Gasteiger partial charge in [0.25, 0.3) is 5.91 Å². The van der Waals surface area contributed by atoms with Gasteiger partial charge in [0.1, 0.15) is 11.6 Å². The van der Waals surface area contributed by atoms with Gasteiger partial charge in [-0.2, -0.15) is 5.10 Å². The molecule has 2 amide bonds. The van der Waals surface area contributed by atoms with Crippen LogP contribution in [0.2, 0.25) is 0 Å². The Morgan fingerprint density at radius 3 is 2.53 bits per heavy atom. The zero-order valence-corrected chi connectivity index (χ0v) is 21.0. The molecule has 3 heterocycles. The second kappa shape index (κ2) is 9.88. The highest BCUT2D eigenvalue weighted by atomic mass is 16.5. The average molecular weight is 493 g/mol. The van der Waals surface area contributed by atoms with Gasteiger partial charge >= 0.3 is 6.09 Å². The lowest BCUT2D eigenvalue weighted by Crippen LogP contribution is -2.38. The van der Waals surface area contributed by atoms with E-state index in [1.807, 2.05) is 16.9 Å². The molecule has 3 aromatic rings. The van der Waals surface area contributed by atoms with Crippen LogP contribution in [0.4, 0.5) is 16.3 Å². The van der Waals surface area contributed by atoms with Crippen LogP contribution in [0.15, 0.2) is 42.7 Å². The van der Waals surface area contributed by atoms with E-state index < -0.39 is 12.0 Å². The molecule has 36 heavy (non-hydrogen) atoms. The summed E-state index contributed by atoms with van der Waals surface area (Å²) in [6, 6.07) is 8.96. The molecular weight excluding hydrogens is 460 g/mol. The molecule has 2 aromatic heterocycles. The zero-order chi connectivity index (χ0) is 26.0. The summed E-state index contributed by atoms with van der Waals surface area (Å²) in [6.07, 6.45) is 4.10. The number of ether oxygens (including phenoxy) is 1. The number of nitrogens with zero attached hydrogens (tertiary/aromatic N) is 4. The van der Waals surface area contributed by atoms with E-state index in [1.165, 1.54) is 4.90 Å². The van der Waals surface area contributed by atoms with Crippen molar-refractivity contribution in [3.05, 3.63) is 54.0 Å². The third kappa shape index (κ3) is 5.12. The number of likely N-dealkylation sites (tertiary alicyclic amines) is 1. The summed E-state index contributed by atoms with van der Waals surface area (Å²) < 4.78 is 7.26. The molecule has 1 aliphatic rings. The van der Waals surface area contributed by atoms with E-state index in [9.17, 15) is 14.7 Å². The van der Waals surface area contributed by atoms with Crippen LogP contribution in [0, 0.1) is 0 Å². The molecule has 0 spiro atoms. The Hall–Kier alpha value is -4.08. The molecule has 1 aliphatic heterocycles. The van der Waals surface area contributed by atoms with E-state index in [0.717, 1.165) is 16.8 Å². The summed E-state index contributed by atoms with van der Waals surface area (Å²) in [5.41, 5.74) is 9.07. The van der Waals surface area contributed by atoms with Crippen LogP contribution in [0.1, 0.15) is 55.7 Å². The summed E-state index contributed by atoms with van der Waals surface area (Å²) in [6.45, 7) is 7.18. The summed E-state index contributed by atoms with van der Waals surface area (Å²) in [5, 5.41) is 17.0. The number of amides is 2. The lowest BCUT2D eigenvalue weighted by atomic mass is 9.87.